The van der Waals surface area contributed by atoms with Crippen molar-refractivity contribution in [2.45, 2.75) is 27.7 Å². The number of hydrogen-bond donors (Lipinski definition) is 1. The van der Waals surface area contributed by atoms with E-state index in [1.54, 1.807) is 25.1 Å². The van der Waals surface area contributed by atoms with E-state index >= 15 is 0 Å². The quantitative estimate of drug-likeness (QED) is 0.761. The first-order chi connectivity index (χ1) is 11.8. The molecule has 0 atom stereocenters. The Bertz CT molecular complexity index is 993. The number of benzene rings is 2. The van der Waals surface area contributed by atoms with Crippen molar-refractivity contribution in [2.75, 3.05) is 0 Å². The first-order valence-electron chi connectivity index (χ1n) is 7.74. The van der Waals surface area contributed by atoms with Gasteiger partial charge in [-0.3, -0.25) is 0 Å². The van der Waals surface area contributed by atoms with Gasteiger partial charge in [-0.1, -0.05) is 16.8 Å². The van der Waals surface area contributed by atoms with Crippen LogP contribution < -0.4 is 0 Å². The molecule has 1 aromatic heterocycles. The van der Waals surface area contributed by atoms with Crippen LogP contribution in [-0.2, 0) is 0 Å². The monoisotopic (exact) mass is 340 g/mol. The van der Waals surface area contributed by atoms with Crippen molar-refractivity contribution in [1.29, 1.82) is 0 Å². The lowest BCUT2D eigenvalue weighted by Gasteiger charge is -2.12. The summed E-state index contributed by atoms with van der Waals surface area (Å²) in [4.78, 5) is 15.8. The van der Waals surface area contributed by atoms with E-state index in [9.17, 15) is 14.3 Å². The second-order valence-electron chi connectivity index (χ2n) is 6.08. The first-order valence-corrected chi connectivity index (χ1v) is 7.74. The van der Waals surface area contributed by atoms with Crippen molar-refractivity contribution >= 4 is 5.97 Å². The molecule has 3 rings (SSSR count). The van der Waals surface area contributed by atoms with E-state index in [0.29, 0.717) is 11.1 Å². The summed E-state index contributed by atoms with van der Waals surface area (Å²) in [6.07, 6.45) is 0. The number of aromatic nitrogens is 2. The highest BCUT2D eigenvalue weighted by atomic mass is 19.1. The van der Waals surface area contributed by atoms with E-state index in [1.807, 2.05) is 20.8 Å². The topological polar surface area (TPSA) is 76.2 Å². The third kappa shape index (κ3) is 2.91. The third-order valence-corrected chi connectivity index (χ3v) is 4.34. The van der Waals surface area contributed by atoms with Crippen LogP contribution in [0.5, 0.6) is 0 Å². The number of aromatic carboxylic acids is 1. The minimum absolute atomic E-state index is 0.0633. The Kier molecular flexibility index (Phi) is 4.12. The Morgan fingerprint density at radius 1 is 1.12 bits per heavy atom. The fourth-order valence-corrected chi connectivity index (χ4v) is 2.84. The molecule has 0 fully saturated rings. The summed E-state index contributed by atoms with van der Waals surface area (Å²) in [7, 11) is 0. The molecule has 6 heteroatoms. The van der Waals surface area contributed by atoms with Gasteiger partial charge in [-0.15, -0.1) is 0 Å². The molecular formula is C19H17FN2O3. The van der Waals surface area contributed by atoms with E-state index in [1.165, 1.54) is 6.07 Å². The van der Waals surface area contributed by atoms with Gasteiger partial charge in [-0.05, 0) is 62.6 Å². The van der Waals surface area contributed by atoms with Crippen molar-refractivity contribution in [3.05, 3.63) is 57.9 Å². The standard InChI is InChI=1S/C19H17FN2O3/c1-9-5-6-15(20)14(7-9)18-21-17(22-25-18)16-11(3)10(2)8-13(12(16)4)19(23)24/h5-8H,1-4H3,(H,23,24). The number of carboxylic acids is 1. The normalized spacial score (nSPS) is 10.9. The molecule has 0 aliphatic rings. The van der Waals surface area contributed by atoms with Crippen LogP contribution >= 0.6 is 0 Å². The van der Waals surface area contributed by atoms with Crippen LogP contribution in [0.3, 0.4) is 0 Å². The molecule has 0 aliphatic heterocycles. The van der Waals surface area contributed by atoms with E-state index in [-0.39, 0.29) is 22.8 Å². The zero-order valence-electron chi connectivity index (χ0n) is 14.3. The lowest BCUT2D eigenvalue weighted by molar-refractivity contribution is 0.0696. The van der Waals surface area contributed by atoms with E-state index in [0.717, 1.165) is 16.7 Å². The van der Waals surface area contributed by atoms with Gasteiger partial charge in [0.15, 0.2) is 0 Å². The van der Waals surface area contributed by atoms with E-state index in [2.05, 4.69) is 10.1 Å². The molecule has 0 unspecified atom stereocenters. The van der Waals surface area contributed by atoms with Crippen LogP contribution in [0.2, 0.25) is 0 Å². The van der Waals surface area contributed by atoms with Crippen LogP contribution in [0, 0.1) is 33.5 Å². The summed E-state index contributed by atoms with van der Waals surface area (Å²) in [6, 6.07) is 6.26. The third-order valence-electron chi connectivity index (χ3n) is 4.34. The van der Waals surface area contributed by atoms with Crippen LogP contribution in [0.25, 0.3) is 22.8 Å². The van der Waals surface area contributed by atoms with Gasteiger partial charge in [-0.25, -0.2) is 9.18 Å². The fourth-order valence-electron chi connectivity index (χ4n) is 2.84. The Balaban J connectivity index is 2.18. The molecule has 25 heavy (non-hydrogen) atoms. The smallest absolute Gasteiger partial charge is 0.335 e. The first kappa shape index (κ1) is 16.8. The number of rotatable bonds is 3. The molecule has 128 valence electrons. The largest absolute Gasteiger partial charge is 0.478 e. The number of carbonyl (C=O) groups is 1. The van der Waals surface area contributed by atoms with Crippen LogP contribution in [-0.4, -0.2) is 21.2 Å². The summed E-state index contributed by atoms with van der Waals surface area (Å²) < 4.78 is 19.3. The maximum Gasteiger partial charge on any atom is 0.335 e. The maximum atomic E-state index is 14.1. The van der Waals surface area contributed by atoms with Crippen molar-refractivity contribution < 1.29 is 18.8 Å². The van der Waals surface area contributed by atoms with Crippen molar-refractivity contribution in [1.82, 2.24) is 10.1 Å². The molecule has 0 spiro atoms. The molecule has 2 aromatic carbocycles. The average molecular weight is 340 g/mol. The average Bonchev–Trinajstić information content (AvgIpc) is 3.02. The highest BCUT2D eigenvalue weighted by molar-refractivity contribution is 5.92. The van der Waals surface area contributed by atoms with Crippen molar-refractivity contribution in [3.63, 3.8) is 0 Å². The Hall–Kier alpha value is -3.02. The fraction of sp³-hybridized carbons (Fsp3) is 0.211. The van der Waals surface area contributed by atoms with E-state index in [4.69, 9.17) is 4.52 Å². The van der Waals surface area contributed by atoms with Gasteiger partial charge in [0.1, 0.15) is 5.82 Å². The number of hydrogen-bond acceptors (Lipinski definition) is 4. The number of carboxylic acid groups (broad SMARTS) is 1. The molecule has 1 heterocycles. The van der Waals surface area contributed by atoms with Gasteiger partial charge >= 0.3 is 5.97 Å². The molecule has 0 radical (unpaired) electrons. The lowest BCUT2D eigenvalue weighted by atomic mass is 9.93. The highest BCUT2D eigenvalue weighted by Crippen LogP contribution is 2.32. The van der Waals surface area contributed by atoms with Gasteiger partial charge in [0.2, 0.25) is 5.82 Å². The number of nitrogens with zero attached hydrogens (tertiary/aromatic N) is 2. The molecule has 0 amide bonds. The van der Waals surface area contributed by atoms with Crippen LogP contribution in [0.15, 0.2) is 28.8 Å². The predicted octanol–water partition coefficient (Wildman–Crippen LogP) is 4.47. The van der Waals surface area contributed by atoms with Gasteiger partial charge < -0.3 is 9.63 Å². The summed E-state index contributed by atoms with van der Waals surface area (Å²) in [6.45, 7) is 7.24. The molecule has 5 nitrogen and oxygen atoms in total. The minimum Gasteiger partial charge on any atom is -0.478 e. The Morgan fingerprint density at radius 2 is 1.84 bits per heavy atom. The zero-order chi connectivity index (χ0) is 18.3. The second kappa shape index (κ2) is 6.12. The molecule has 0 saturated heterocycles. The molecule has 3 aromatic rings. The summed E-state index contributed by atoms with van der Waals surface area (Å²) >= 11 is 0. The van der Waals surface area contributed by atoms with Gasteiger partial charge in [0.05, 0.1) is 11.1 Å². The summed E-state index contributed by atoms with van der Waals surface area (Å²) in [5, 5.41) is 13.3. The maximum absolute atomic E-state index is 14.1. The number of aryl methyl sites for hydroxylation is 2. The summed E-state index contributed by atoms with van der Waals surface area (Å²) in [5.41, 5.74) is 4.09. The Labute approximate surface area is 144 Å². The predicted molar refractivity (Wildman–Crippen MR) is 91.0 cm³/mol. The van der Waals surface area contributed by atoms with E-state index < -0.39 is 11.8 Å². The van der Waals surface area contributed by atoms with Crippen molar-refractivity contribution in [3.8, 4) is 22.8 Å². The number of halogens is 1. The van der Waals surface area contributed by atoms with Crippen molar-refractivity contribution in [2.24, 2.45) is 0 Å². The lowest BCUT2D eigenvalue weighted by Crippen LogP contribution is -2.05. The van der Waals surface area contributed by atoms with Crippen LogP contribution in [0.1, 0.15) is 32.6 Å². The van der Waals surface area contributed by atoms with Gasteiger partial charge in [-0.2, -0.15) is 4.98 Å². The van der Waals surface area contributed by atoms with Gasteiger partial charge in [0, 0.05) is 5.56 Å². The SMILES string of the molecule is Cc1ccc(F)c(-c2nc(-c3c(C)c(C)cc(C(=O)O)c3C)no2)c1. The second-order valence-corrected chi connectivity index (χ2v) is 6.08. The zero-order valence-corrected chi connectivity index (χ0v) is 14.3. The molecule has 0 aliphatic carbocycles. The Morgan fingerprint density at radius 3 is 2.52 bits per heavy atom. The minimum atomic E-state index is -1.02. The molecule has 1 N–H and O–H groups in total. The molecule has 0 bridgehead atoms. The van der Waals surface area contributed by atoms with Gasteiger partial charge in [0.25, 0.3) is 5.89 Å². The molecular weight excluding hydrogens is 323 g/mol. The molecule has 0 saturated carbocycles. The highest BCUT2D eigenvalue weighted by Gasteiger charge is 2.21. The summed E-state index contributed by atoms with van der Waals surface area (Å²) in [5.74, 6) is -1.16. The van der Waals surface area contributed by atoms with Crippen LogP contribution in [0.4, 0.5) is 4.39 Å².